The molecule has 140 valence electrons. The molecule has 0 aliphatic heterocycles. The quantitative estimate of drug-likeness (QED) is 0.306. The molecule has 4 aromatic carbocycles. The first-order valence-electron chi connectivity index (χ1n) is 8.95. The summed E-state index contributed by atoms with van der Waals surface area (Å²) in [5, 5.41) is 13.1. The van der Waals surface area contributed by atoms with E-state index in [0.29, 0.717) is 0 Å². The van der Waals surface area contributed by atoms with Crippen molar-refractivity contribution in [2.75, 3.05) is 0 Å². The van der Waals surface area contributed by atoms with Gasteiger partial charge in [0.15, 0.2) is 0 Å². The molecule has 0 atom stereocenters. The van der Waals surface area contributed by atoms with Crippen molar-refractivity contribution in [2.24, 2.45) is 0 Å². The first kappa shape index (κ1) is 20.7. The summed E-state index contributed by atoms with van der Waals surface area (Å²) in [5.41, 5.74) is 1.35. The third-order valence-corrected chi connectivity index (χ3v) is 4.01. The Bertz CT molecular complexity index is 962. The Hall–Kier alpha value is -3.65. The number of aliphatic carboxylic acids is 1. The zero-order valence-electron chi connectivity index (χ0n) is 16.0. The molecule has 0 aliphatic carbocycles. The molecular weight excluding hydrogens is 344 g/mol. The third kappa shape index (κ3) is 6.26. The van der Waals surface area contributed by atoms with Crippen molar-refractivity contribution < 1.29 is 9.90 Å². The molecule has 0 saturated carbocycles. The molecule has 4 aromatic rings. The molecule has 0 fully saturated rings. The second kappa shape index (κ2) is 10.5. The summed E-state index contributed by atoms with van der Waals surface area (Å²) in [4.78, 5) is 9.60. The van der Waals surface area contributed by atoms with Gasteiger partial charge in [0, 0.05) is 5.57 Å². The number of carboxylic acids is 1. The lowest BCUT2D eigenvalue weighted by molar-refractivity contribution is -0.132. The van der Waals surface area contributed by atoms with Crippen molar-refractivity contribution in [2.45, 2.75) is 6.92 Å². The minimum Gasteiger partial charge on any atom is -0.478 e. The standard InChI is InChI=1S/C14H10.C8H8.C4H6O2/c1-2-6-12-10-14-8-4-3-7-13(14)9-11(12)5-1;1-2-8-6-4-3-5-7-8;1-3(2)4(5)6/h1-10H;2-7H,1H2;1H2,2H3,(H,5,6). The fourth-order valence-corrected chi connectivity index (χ4v) is 2.47. The summed E-state index contributed by atoms with van der Waals surface area (Å²) in [6.45, 7) is 8.23. The molecule has 0 bridgehead atoms. The van der Waals surface area contributed by atoms with Gasteiger partial charge in [0.25, 0.3) is 0 Å². The summed E-state index contributed by atoms with van der Waals surface area (Å²) in [7, 11) is 0. The second-order valence-corrected chi connectivity index (χ2v) is 6.25. The van der Waals surface area contributed by atoms with Gasteiger partial charge in [-0.1, -0.05) is 98.1 Å². The van der Waals surface area contributed by atoms with Crippen LogP contribution < -0.4 is 0 Å². The van der Waals surface area contributed by atoms with E-state index < -0.39 is 5.97 Å². The molecule has 28 heavy (non-hydrogen) atoms. The number of benzene rings is 4. The number of hydrogen-bond acceptors (Lipinski definition) is 1. The average molecular weight is 368 g/mol. The van der Waals surface area contributed by atoms with E-state index >= 15 is 0 Å². The highest BCUT2D eigenvalue weighted by Gasteiger charge is 1.95. The highest BCUT2D eigenvalue weighted by Crippen LogP contribution is 2.22. The van der Waals surface area contributed by atoms with Crippen molar-refractivity contribution in [1.29, 1.82) is 0 Å². The van der Waals surface area contributed by atoms with Gasteiger partial charge in [0.05, 0.1) is 0 Å². The van der Waals surface area contributed by atoms with Crippen LogP contribution in [0.5, 0.6) is 0 Å². The first-order chi connectivity index (χ1) is 13.5. The Morgan fingerprint density at radius 1 is 0.750 bits per heavy atom. The maximum Gasteiger partial charge on any atom is 0.330 e. The summed E-state index contributed by atoms with van der Waals surface area (Å²) < 4.78 is 0. The maximum atomic E-state index is 9.60. The van der Waals surface area contributed by atoms with Crippen molar-refractivity contribution in [1.82, 2.24) is 0 Å². The topological polar surface area (TPSA) is 37.3 Å². The van der Waals surface area contributed by atoms with Crippen molar-refractivity contribution in [3.8, 4) is 0 Å². The van der Waals surface area contributed by atoms with Gasteiger partial charge in [-0.15, -0.1) is 0 Å². The van der Waals surface area contributed by atoms with Crippen LogP contribution in [0.2, 0.25) is 0 Å². The lowest BCUT2D eigenvalue weighted by atomic mass is 10.0. The Balaban J connectivity index is 0.000000171. The molecular formula is C26H24O2. The monoisotopic (exact) mass is 368 g/mol. The predicted octanol–water partition coefficient (Wildman–Crippen LogP) is 6.97. The summed E-state index contributed by atoms with van der Waals surface area (Å²) >= 11 is 0. The van der Waals surface area contributed by atoms with Gasteiger partial charge in [0.1, 0.15) is 0 Å². The zero-order chi connectivity index (χ0) is 20.4. The highest BCUT2D eigenvalue weighted by molar-refractivity contribution is 5.98. The largest absolute Gasteiger partial charge is 0.478 e. The van der Waals surface area contributed by atoms with E-state index in [1.165, 1.54) is 34.0 Å². The van der Waals surface area contributed by atoms with Gasteiger partial charge in [-0.2, -0.15) is 0 Å². The molecule has 0 saturated heterocycles. The molecule has 0 amide bonds. The lowest BCUT2D eigenvalue weighted by Crippen LogP contribution is -1.92. The van der Waals surface area contributed by atoms with Gasteiger partial charge >= 0.3 is 5.97 Å². The van der Waals surface area contributed by atoms with Crippen LogP contribution in [0.3, 0.4) is 0 Å². The number of hydrogen-bond donors (Lipinski definition) is 1. The fourth-order valence-electron chi connectivity index (χ4n) is 2.47. The molecule has 0 radical (unpaired) electrons. The zero-order valence-corrected chi connectivity index (χ0v) is 16.0. The van der Waals surface area contributed by atoms with Gasteiger partial charge in [-0.3, -0.25) is 0 Å². The summed E-state index contributed by atoms with van der Waals surface area (Å²) in [5.74, 6) is -0.935. The number of rotatable bonds is 2. The highest BCUT2D eigenvalue weighted by atomic mass is 16.4. The number of carboxylic acid groups (broad SMARTS) is 1. The average Bonchev–Trinajstić information content (AvgIpc) is 2.73. The lowest BCUT2D eigenvalue weighted by Gasteiger charge is -2.00. The Morgan fingerprint density at radius 2 is 1.07 bits per heavy atom. The Kier molecular flexibility index (Phi) is 7.74. The molecule has 0 spiro atoms. The summed E-state index contributed by atoms with van der Waals surface area (Å²) in [6.07, 6.45) is 1.83. The molecule has 0 heterocycles. The van der Waals surface area contributed by atoms with Crippen LogP contribution in [0, 0.1) is 0 Å². The minimum atomic E-state index is -0.935. The van der Waals surface area contributed by atoms with E-state index in [-0.39, 0.29) is 5.57 Å². The van der Waals surface area contributed by atoms with E-state index in [0.717, 1.165) is 0 Å². The van der Waals surface area contributed by atoms with Crippen LogP contribution in [0.4, 0.5) is 0 Å². The summed E-state index contributed by atoms with van der Waals surface area (Å²) in [6, 6.07) is 31.5. The smallest absolute Gasteiger partial charge is 0.330 e. The molecule has 0 aromatic heterocycles. The van der Waals surface area contributed by atoms with E-state index in [4.69, 9.17) is 5.11 Å². The molecule has 2 nitrogen and oxygen atoms in total. The van der Waals surface area contributed by atoms with Crippen LogP contribution in [-0.2, 0) is 4.79 Å². The fraction of sp³-hybridized carbons (Fsp3) is 0.0385. The first-order valence-corrected chi connectivity index (χ1v) is 8.95. The SMILES string of the molecule is C=C(C)C(=O)O.C=Cc1ccccc1.c1ccc2cc3ccccc3cc2c1. The third-order valence-electron chi connectivity index (χ3n) is 4.01. The van der Waals surface area contributed by atoms with Gasteiger partial charge < -0.3 is 5.11 Å². The Morgan fingerprint density at radius 3 is 1.32 bits per heavy atom. The van der Waals surface area contributed by atoms with Crippen molar-refractivity contribution in [3.05, 3.63) is 115 Å². The Labute approximate surface area is 166 Å². The van der Waals surface area contributed by atoms with E-state index in [9.17, 15) is 4.79 Å². The van der Waals surface area contributed by atoms with Gasteiger partial charge in [-0.05, 0) is 46.2 Å². The maximum absolute atomic E-state index is 9.60. The van der Waals surface area contributed by atoms with Gasteiger partial charge in [-0.25, -0.2) is 4.79 Å². The number of carbonyl (C=O) groups is 1. The molecule has 0 unspecified atom stereocenters. The minimum absolute atomic E-state index is 0.176. The van der Waals surface area contributed by atoms with E-state index in [1.807, 2.05) is 36.4 Å². The van der Waals surface area contributed by atoms with E-state index in [2.05, 4.69) is 73.8 Å². The predicted molar refractivity (Wildman–Crippen MR) is 120 cm³/mol. The van der Waals surface area contributed by atoms with Crippen LogP contribution in [0.15, 0.2) is 110 Å². The van der Waals surface area contributed by atoms with Crippen LogP contribution in [-0.4, -0.2) is 11.1 Å². The van der Waals surface area contributed by atoms with Gasteiger partial charge in [0.2, 0.25) is 0 Å². The van der Waals surface area contributed by atoms with Crippen LogP contribution in [0.25, 0.3) is 27.6 Å². The van der Waals surface area contributed by atoms with Crippen LogP contribution >= 0.6 is 0 Å². The molecule has 0 aliphatic rings. The molecule has 2 heteroatoms. The van der Waals surface area contributed by atoms with Crippen molar-refractivity contribution in [3.63, 3.8) is 0 Å². The normalized spacial score (nSPS) is 9.46. The van der Waals surface area contributed by atoms with E-state index in [1.54, 1.807) is 0 Å². The van der Waals surface area contributed by atoms with Crippen molar-refractivity contribution >= 4 is 33.6 Å². The molecule has 1 N–H and O–H groups in total. The second-order valence-electron chi connectivity index (χ2n) is 6.25. The molecule has 4 rings (SSSR count). The number of fused-ring (bicyclic) bond motifs is 2. The van der Waals surface area contributed by atoms with Crippen LogP contribution in [0.1, 0.15) is 12.5 Å².